The Kier molecular flexibility index (Phi) is 10.4. The Labute approximate surface area is 127 Å². The predicted octanol–water partition coefficient (Wildman–Crippen LogP) is 4.92. The van der Waals surface area contributed by atoms with Crippen LogP contribution in [0.4, 0.5) is 0 Å². The molecular formula is C18H37NO. The maximum absolute atomic E-state index is 5.58. The van der Waals surface area contributed by atoms with Gasteiger partial charge in [0.15, 0.2) is 0 Å². The van der Waals surface area contributed by atoms with Gasteiger partial charge in [-0.2, -0.15) is 0 Å². The van der Waals surface area contributed by atoms with E-state index in [1.54, 1.807) is 0 Å². The van der Waals surface area contributed by atoms with Crippen LogP contribution in [0.3, 0.4) is 0 Å². The van der Waals surface area contributed by atoms with Crippen LogP contribution in [0.5, 0.6) is 0 Å². The van der Waals surface area contributed by atoms with Gasteiger partial charge in [0, 0.05) is 19.8 Å². The number of ether oxygens (including phenoxy) is 1. The summed E-state index contributed by atoms with van der Waals surface area (Å²) >= 11 is 0. The second kappa shape index (κ2) is 11.6. The lowest BCUT2D eigenvalue weighted by Crippen LogP contribution is -2.39. The van der Waals surface area contributed by atoms with Gasteiger partial charge in [-0.25, -0.2) is 0 Å². The Morgan fingerprint density at radius 3 is 2.15 bits per heavy atom. The molecule has 2 heteroatoms. The predicted molar refractivity (Wildman–Crippen MR) is 88.3 cm³/mol. The van der Waals surface area contributed by atoms with E-state index >= 15 is 0 Å². The van der Waals surface area contributed by atoms with E-state index in [1.807, 2.05) is 0 Å². The highest BCUT2D eigenvalue weighted by Crippen LogP contribution is 2.35. The summed E-state index contributed by atoms with van der Waals surface area (Å²) in [6.07, 6.45) is 15.1. The van der Waals surface area contributed by atoms with Crippen molar-refractivity contribution in [2.45, 2.75) is 84.5 Å². The molecule has 0 aliphatic carbocycles. The van der Waals surface area contributed by atoms with E-state index < -0.39 is 0 Å². The van der Waals surface area contributed by atoms with Crippen LogP contribution in [-0.2, 0) is 4.74 Å². The van der Waals surface area contributed by atoms with Crippen LogP contribution in [0.25, 0.3) is 0 Å². The first-order valence-corrected chi connectivity index (χ1v) is 9.11. The Balaban J connectivity index is 2.16. The summed E-state index contributed by atoms with van der Waals surface area (Å²) in [6, 6.07) is 0. The number of unbranched alkanes of at least 4 members (excludes halogenated alkanes) is 6. The normalized spacial score (nSPS) is 18.3. The summed E-state index contributed by atoms with van der Waals surface area (Å²) in [5.41, 5.74) is 0.539. The number of nitrogens with one attached hydrogen (secondary N) is 1. The standard InChI is InChI=1S/C18H37NO/c1-3-5-6-7-8-9-10-11-18(17-19-14-4-2)12-15-20-16-13-18/h19H,3-17H2,1-2H3. The van der Waals surface area contributed by atoms with Crippen molar-refractivity contribution < 1.29 is 4.74 Å². The van der Waals surface area contributed by atoms with E-state index in [4.69, 9.17) is 4.74 Å². The van der Waals surface area contributed by atoms with Crippen molar-refractivity contribution in [2.75, 3.05) is 26.3 Å². The zero-order valence-electron chi connectivity index (χ0n) is 14.0. The smallest absolute Gasteiger partial charge is 0.0471 e. The van der Waals surface area contributed by atoms with E-state index in [1.165, 1.54) is 83.7 Å². The molecule has 0 spiro atoms. The zero-order valence-corrected chi connectivity index (χ0v) is 14.0. The summed E-state index contributed by atoms with van der Waals surface area (Å²) < 4.78 is 5.58. The third-order valence-electron chi connectivity index (χ3n) is 4.79. The molecule has 0 saturated carbocycles. The number of hydrogen-bond donors (Lipinski definition) is 1. The lowest BCUT2D eigenvalue weighted by atomic mass is 9.75. The number of rotatable bonds is 12. The van der Waals surface area contributed by atoms with Crippen molar-refractivity contribution in [1.29, 1.82) is 0 Å². The highest BCUT2D eigenvalue weighted by Gasteiger charge is 2.31. The molecule has 0 amide bonds. The molecule has 0 bridgehead atoms. The minimum absolute atomic E-state index is 0.539. The van der Waals surface area contributed by atoms with Crippen LogP contribution in [0.1, 0.15) is 84.5 Å². The second-order valence-corrected chi connectivity index (χ2v) is 6.66. The summed E-state index contributed by atoms with van der Waals surface area (Å²) in [4.78, 5) is 0. The molecular weight excluding hydrogens is 246 g/mol. The molecule has 2 nitrogen and oxygen atoms in total. The molecule has 0 unspecified atom stereocenters. The lowest BCUT2D eigenvalue weighted by molar-refractivity contribution is 0.00922. The van der Waals surface area contributed by atoms with Crippen molar-refractivity contribution in [3.05, 3.63) is 0 Å². The van der Waals surface area contributed by atoms with Crippen molar-refractivity contribution in [1.82, 2.24) is 5.32 Å². The molecule has 0 aromatic rings. The molecule has 1 saturated heterocycles. The van der Waals surface area contributed by atoms with E-state index in [2.05, 4.69) is 19.2 Å². The third kappa shape index (κ3) is 7.64. The van der Waals surface area contributed by atoms with Gasteiger partial charge in [-0.1, -0.05) is 58.8 Å². The Hall–Kier alpha value is -0.0800. The quantitative estimate of drug-likeness (QED) is 0.513. The van der Waals surface area contributed by atoms with Crippen molar-refractivity contribution in [3.8, 4) is 0 Å². The first kappa shape index (κ1) is 18.0. The van der Waals surface area contributed by atoms with Crippen LogP contribution >= 0.6 is 0 Å². The van der Waals surface area contributed by atoms with Gasteiger partial charge in [-0.3, -0.25) is 0 Å². The molecule has 0 aromatic carbocycles. The molecule has 1 rings (SSSR count). The molecule has 1 N–H and O–H groups in total. The van der Waals surface area contributed by atoms with Crippen LogP contribution in [0, 0.1) is 5.41 Å². The van der Waals surface area contributed by atoms with Gasteiger partial charge in [0.25, 0.3) is 0 Å². The average Bonchev–Trinajstić information content (AvgIpc) is 2.48. The van der Waals surface area contributed by atoms with Gasteiger partial charge in [0.1, 0.15) is 0 Å². The van der Waals surface area contributed by atoms with E-state index in [0.29, 0.717) is 5.41 Å². The fraction of sp³-hybridized carbons (Fsp3) is 1.00. The second-order valence-electron chi connectivity index (χ2n) is 6.66. The van der Waals surface area contributed by atoms with Gasteiger partial charge in [-0.05, 0) is 37.6 Å². The van der Waals surface area contributed by atoms with Gasteiger partial charge in [0.2, 0.25) is 0 Å². The van der Waals surface area contributed by atoms with Gasteiger partial charge < -0.3 is 10.1 Å². The van der Waals surface area contributed by atoms with Crippen LogP contribution < -0.4 is 5.32 Å². The maximum Gasteiger partial charge on any atom is 0.0471 e. The molecule has 0 radical (unpaired) electrons. The van der Waals surface area contributed by atoms with E-state index in [0.717, 1.165) is 13.2 Å². The topological polar surface area (TPSA) is 21.3 Å². The fourth-order valence-electron chi connectivity index (χ4n) is 3.31. The summed E-state index contributed by atoms with van der Waals surface area (Å²) in [6.45, 7) is 8.87. The van der Waals surface area contributed by atoms with Crippen LogP contribution in [0.15, 0.2) is 0 Å². The first-order valence-electron chi connectivity index (χ1n) is 9.11. The van der Waals surface area contributed by atoms with Gasteiger partial charge in [-0.15, -0.1) is 0 Å². The lowest BCUT2D eigenvalue weighted by Gasteiger charge is -2.37. The fourth-order valence-corrected chi connectivity index (χ4v) is 3.31. The molecule has 0 aromatic heterocycles. The Morgan fingerprint density at radius 2 is 1.50 bits per heavy atom. The summed E-state index contributed by atoms with van der Waals surface area (Å²) in [7, 11) is 0. The summed E-state index contributed by atoms with van der Waals surface area (Å²) in [5.74, 6) is 0. The Morgan fingerprint density at radius 1 is 0.850 bits per heavy atom. The highest BCUT2D eigenvalue weighted by atomic mass is 16.5. The SMILES string of the molecule is CCCCCCCCCC1(CNCCC)CCOCC1. The minimum Gasteiger partial charge on any atom is -0.381 e. The van der Waals surface area contributed by atoms with Crippen molar-refractivity contribution >= 4 is 0 Å². The summed E-state index contributed by atoms with van der Waals surface area (Å²) in [5, 5.41) is 3.66. The molecule has 20 heavy (non-hydrogen) atoms. The first-order chi connectivity index (χ1) is 9.83. The van der Waals surface area contributed by atoms with Gasteiger partial charge >= 0.3 is 0 Å². The largest absolute Gasteiger partial charge is 0.381 e. The van der Waals surface area contributed by atoms with Crippen molar-refractivity contribution in [3.63, 3.8) is 0 Å². The maximum atomic E-state index is 5.58. The van der Waals surface area contributed by atoms with E-state index in [-0.39, 0.29) is 0 Å². The zero-order chi connectivity index (χ0) is 14.5. The third-order valence-corrected chi connectivity index (χ3v) is 4.79. The van der Waals surface area contributed by atoms with Gasteiger partial charge in [0.05, 0.1) is 0 Å². The molecule has 0 atom stereocenters. The molecule has 1 heterocycles. The van der Waals surface area contributed by atoms with Crippen LogP contribution in [-0.4, -0.2) is 26.3 Å². The molecule has 1 fully saturated rings. The molecule has 1 aliphatic rings. The van der Waals surface area contributed by atoms with Crippen LogP contribution in [0.2, 0.25) is 0 Å². The Bertz CT molecular complexity index is 211. The average molecular weight is 284 g/mol. The monoisotopic (exact) mass is 283 g/mol. The highest BCUT2D eigenvalue weighted by molar-refractivity contribution is 4.84. The number of hydrogen-bond acceptors (Lipinski definition) is 2. The molecule has 1 aliphatic heterocycles. The van der Waals surface area contributed by atoms with Crippen molar-refractivity contribution in [2.24, 2.45) is 5.41 Å². The van der Waals surface area contributed by atoms with E-state index in [9.17, 15) is 0 Å². The molecule has 120 valence electrons. The minimum atomic E-state index is 0.539.